The lowest BCUT2D eigenvalue weighted by atomic mass is 9.85. The normalized spacial score (nSPS) is 23.6. The van der Waals surface area contributed by atoms with Crippen LogP contribution in [0.1, 0.15) is 37.4 Å². The van der Waals surface area contributed by atoms with Crippen molar-refractivity contribution in [2.45, 2.75) is 39.3 Å². The summed E-state index contributed by atoms with van der Waals surface area (Å²) < 4.78 is 5.83. The van der Waals surface area contributed by atoms with Crippen LogP contribution in [-0.4, -0.2) is 19.3 Å². The molecule has 0 amide bonds. The van der Waals surface area contributed by atoms with E-state index in [0.29, 0.717) is 18.1 Å². The van der Waals surface area contributed by atoms with Crippen molar-refractivity contribution in [2.75, 3.05) is 13.2 Å². The summed E-state index contributed by atoms with van der Waals surface area (Å²) in [6, 6.07) is 13.6. The molecule has 1 aliphatic rings. The van der Waals surface area contributed by atoms with E-state index in [4.69, 9.17) is 4.74 Å². The summed E-state index contributed by atoms with van der Waals surface area (Å²) in [4.78, 5) is 0. The summed E-state index contributed by atoms with van der Waals surface area (Å²) in [5.74, 6) is 0.560. The zero-order valence-corrected chi connectivity index (χ0v) is 13.2. The highest BCUT2D eigenvalue weighted by molar-refractivity contribution is 5.87. The third-order valence-electron chi connectivity index (χ3n) is 4.62. The van der Waals surface area contributed by atoms with Crippen LogP contribution in [0.3, 0.4) is 0 Å². The van der Waals surface area contributed by atoms with Crippen LogP contribution >= 0.6 is 0 Å². The van der Waals surface area contributed by atoms with Crippen LogP contribution in [0.15, 0.2) is 36.4 Å². The first-order chi connectivity index (χ1) is 10.2. The van der Waals surface area contributed by atoms with Crippen molar-refractivity contribution in [1.29, 1.82) is 0 Å². The summed E-state index contributed by atoms with van der Waals surface area (Å²) in [5, 5.41) is 6.42. The molecule has 1 fully saturated rings. The van der Waals surface area contributed by atoms with E-state index in [0.717, 1.165) is 19.6 Å². The molecular weight excluding hydrogens is 258 g/mol. The van der Waals surface area contributed by atoms with Gasteiger partial charge in [0.15, 0.2) is 0 Å². The van der Waals surface area contributed by atoms with Crippen LogP contribution in [0.25, 0.3) is 10.8 Å². The molecule has 0 bridgehead atoms. The molecule has 0 aliphatic carbocycles. The molecule has 3 rings (SSSR count). The summed E-state index contributed by atoms with van der Waals surface area (Å²) in [6.07, 6.45) is 1.52. The molecule has 1 saturated heterocycles. The lowest BCUT2D eigenvalue weighted by Crippen LogP contribution is -2.29. The minimum absolute atomic E-state index is 0.381. The molecule has 3 unspecified atom stereocenters. The molecule has 2 nitrogen and oxygen atoms in total. The Bertz CT molecular complexity index is 622. The summed E-state index contributed by atoms with van der Waals surface area (Å²) in [7, 11) is 0. The highest BCUT2D eigenvalue weighted by Gasteiger charge is 2.31. The van der Waals surface area contributed by atoms with Crippen molar-refractivity contribution >= 4 is 10.8 Å². The van der Waals surface area contributed by atoms with Crippen molar-refractivity contribution in [3.63, 3.8) is 0 Å². The van der Waals surface area contributed by atoms with E-state index >= 15 is 0 Å². The predicted octanol–water partition coefficient (Wildman–Crippen LogP) is 4.22. The molecule has 112 valence electrons. The van der Waals surface area contributed by atoms with E-state index in [-0.39, 0.29) is 0 Å². The third kappa shape index (κ3) is 2.83. The lowest BCUT2D eigenvalue weighted by molar-refractivity contribution is 0.117. The van der Waals surface area contributed by atoms with E-state index in [1.165, 1.54) is 21.9 Å². The maximum atomic E-state index is 5.83. The van der Waals surface area contributed by atoms with Crippen molar-refractivity contribution in [3.05, 3.63) is 47.5 Å². The van der Waals surface area contributed by atoms with E-state index in [9.17, 15) is 0 Å². The fourth-order valence-corrected chi connectivity index (χ4v) is 3.62. The van der Waals surface area contributed by atoms with E-state index in [2.05, 4.69) is 62.5 Å². The first kappa shape index (κ1) is 14.6. The van der Waals surface area contributed by atoms with Crippen LogP contribution in [0, 0.1) is 12.8 Å². The minimum Gasteiger partial charge on any atom is -0.378 e. The molecule has 0 radical (unpaired) electrons. The average Bonchev–Trinajstić information content (AvgIpc) is 2.92. The number of rotatable bonds is 4. The van der Waals surface area contributed by atoms with Crippen LogP contribution < -0.4 is 5.32 Å². The van der Waals surface area contributed by atoms with Crippen LogP contribution in [0.5, 0.6) is 0 Å². The highest BCUT2D eigenvalue weighted by Crippen LogP contribution is 2.36. The average molecular weight is 283 g/mol. The van der Waals surface area contributed by atoms with Crippen molar-refractivity contribution in [1.82, 2.24) is 5.32 Å². The summed E-state index contributed by atoms with van der Waals surface area (Å²) >= 11 is 0. The Balaban J connectivity index is 2.08. The van der Waals surface area contributed by atoms with Crippen molar-refractivity contribution in [2.24, 2.45) is 5.92 Å². The van der Waals surface area contributed by atoms with Gasteiger partial charge in [0.2, 0.25) is 0 Å². The number of hydrogen-bond acceptors (Lipinski definition) is 2. The number of benzene rings is 2. The smallest absolute Gasteiger partial charge is 0.0551 e. The van der Waals surface area contributed by atoms with Gasteiger partial charge in [-0.15, -0.1) is 0 Å². The van der Waals surface area contributed by atoms with E-state index in [1.807, 2.05) is 0 Å². The van der Waals surface area contributed by atoms with Gasteiger partial charge in [0.25, 0.3) is 0 Å². The third-order valence-corrected chi connectivity index (χ3v) is 4.62. The Labute approximate surface area is 127 Å². The van der Waals surface area contributed by atoms with E-state index < -0.39 is 0 Å². The Morgan fingerprint density at radius 2 is 2.05 bits per heavy atom. The second-order valence-electron chi connectivity index (χ2n) is 6.19. The molecule has 3 atom stereocenters. The zero-order valence-electron chi connectivity index (χ0n) is 13.2. The number of nitrogens with one attached hydrogen (secondary N) is 1. The van der Waals surface area contributed by atoms with Gasteiger partial charge in [0, 0.05) is 12.0 Å². The van der Waals surface area contributed by atoms with Gasteiger partial charge in [-0.05, 0) is 48.7 Å². The fourth-order valence-electron chi connectivity index (χ4n) is 3.62. The topological polar surface area (TPSA) is 21.3 Å². The SMILES string of the molecule is CCNC(c1c(C)ccc2ccccc12)C1COC(C)C1. The molecule has 0 aromatic heterocycles. The van der Waals surface area contributed by atoms with Gasteiger partial charge in [-0.1, -0.05) is 43.3 Å². The van der Waals surface area contributed by atoms with Gasteiger partial charge in [0.1, 0.15) is 0 Å². The molecule has 2 aromatic carbocycles. The van der Waals surface area contributed by atoms with Gasteiger partial charge < -0.3 is 10.1 Å². The maximum absolute atomic E-state index is 5.83. The molecular formula is C19H25NO. The van der Waals surface area contributed by atoms with Gasteiger partial charge in [-0.3, -0.25) is 0 Å². The van der Waals surface area contributed by atoms with Gasteiger partial charge in [0.05, 0.1) is 12.7 Å². The second kappa shape index (κ2) is 6.17. The lowest BCUT2D eigenvalue weighted by Gasteiger charge is -2.27. The van der Waals surface area contributed by atoms with Crippen molar-refractivity contribution in [3.8, 4) is 0 Å². The summed E-state index contributed by atoms with van der Waals surface area (Å²) in [6.45, 7) is 8.44. The van der Waals surface area contributed by atoms with Crippen LogP contribution in [-0.2, 0) is 4.74 Å². The fraction of sp³-hybridized carbons (Fsp3) is 0.474. The Hall–Kier alpha value is -1.38. The minimum atomic E-state index is 0.381. The monoisotopic (exact) mass is 283 g/mol. The van der Waals surface area contributed by atoms with Crippen LogP contribution in [0.4, 0.5) is 0 Å². The first-order valence-corrected chi connectivity index (χ1v) is 8.04. The highest BCUT2D eigenvalue weighted by atomic mass is 16.5. The zero-order chi connectivity index (χ0) is 14.8. The number of ether oxygens (including phenoxy) is 1. The molecule has 1 heterocycles. The summed E-state index contributed by atoms with van der Waals surface area (Å²) in [5.41, 5.74) is 2.83. The molecule has 1 aliphatic heterocycles. The maximum Gasteiger partial charge on any atom is 0.0551 e. The van der Waals surface area contributed by atoms with Crippen LogP contribution in [0.2, 0.25) is 0 Å². The molecule has 0 spiro atoms. The number of aryl methyl sites for hydroxylation is 1. The standard InChI is InChI=1S/C19H25NO/c1-4-20-19(16-11-14(3)21-12-16)18-13(2)9-10-15-7-5-6-8-17(15)18/h5-10,14,16,19-20H,4,11-12H2,1-3H3. The Morgan fingerprint density at radius 1 is 1.24 bits per heavy atom. The Morgan fingerprint density at radius 3 is 2.76 bits per heavy atom. The largest absolute Gasteiger partial charge is 0.378 e. The second-order valence-corrected chi connectivity index (χ2v) is 6.19. The van der Waals surface area contributed by atoms with E-state index in [1.54, 1.807) is 0 Å². The van der Waals surface area contributed by atoms with Gasteiger partial charge >= 0.3 is 0 Å². The quantitative estimate of drug-likeness (QED) is 0.907. The molecule has 2 aromatic rings. The predicted molar refractivity (Wildman–Crippen MR) is 88.6 cm³/mol. The number of fused-ring (bicyclic) bond motifs is 1. The van der Waals surface area contributed by atoms with Crippen molar-refractivity contribution < 1.29 is 4.74 Å². The van der Waals surface area contributed by atoms with Gasteiger partial charge in [-0.25, -0.2) is 0 Å². The Kier molecular flexibility index (Phi) is 4.27. The van der Waals surface area contributed by atoms with Gasteiger partial charge in [-0.2, -0.15) is 0 Å². The number of hydrogen-bond donors (Lipinski definition) is 1. The molecule has 21 heavy (non-hydrogen) atoms. The molecule has 1 N–H and O–H groups in total. The molecule has 2 heteroatoms. The molecule has 0 saturated carbocycles. The first-order valence-electron chi connectivity index (χ1n) is 8.04.